The molecule has 0 unspecified atom stereocenters. The maximum Gasteiger partial charge on any atom is 0.159 e. The molecule has 13 rings (SSSR count). The van der Waals surface area contributed by atoms with Gasteiger partial charge in [0.25, 0.3) is 0 Å². The standard InChI is InChI=1S/C54H32N2O2/c1-2-13-33(14-3-1)43-32-50-44(37-16-5-8-20-46(37)55(50)35-26-28-53-45(30-35)40-18-7-10-23-51(40)57-53)31-42(43)34-25-27-38-36-15-4-9-21-47(36)56(49(38)29-34)48-22-12-19-41-39-17-6-11-24-52(39)58-54(41)48/h1-32H. The molecule has 0 saturated carbocycles. The van der Waals surface area contributed by atoms with Gasteiger partial charge in [0.15, 0.2) is 5.58 Å². The van der Waals surface area contributed by atoms with Crippen molar-refractivity contribution >= 4 is 87.5 Å². The van der Waals surface area contributed by atoms with Gasteiger partial charge in [-0.1, -0.05) is 127 Å². The number of nitrogens with zero attached hydrogens (tertiary/aromatic N) is 2. The van der Waals surface area contributed by atoms with Gasteiger partial charge in [-0.15, -0.1) is 0 Å². The number of para-hydroxylation sites is 5. The van der Waals surface area contributed by atoms with Gasteiger partial charge in [-0.25, -0.2) is 0 Å². The van der Waals surface area contributed by atoms with E-state index in [-0.39, 0.29) is 0 Å². The smallest absolute Gasteiger partial charge is 0.159 e. The predicted octanol–water partition coefficient (Wildman–Crippen LogP) is 15.0. The Hall–Kier alpha value is -7.82. The van der Waals surface area contributed by atoms with E-state index in [1.165, 1.54) is 38.2 Å². The summed E-state index contributed by atoms with van der Waals surface area (Å²) in [7, 11) is 0. The Kier molecular flexibility index (Phi) is 6.41. The van der Waals surface area contributed by atoms with Gasteiger partial charge in [0.2, 0.25) is 0 Å². The molecule has 0 aliphatic carbocycles. The number of fused-ring (bicyclic) bond motifs is 12. The zero-order valence-corrected chi connectivity index (χ0v) is 31.2. The van der Waals surface area contributed by atoms with Crippen LogP contribution in [0.1, 0.15) is 0 Å². The minimum atomic E-state index is 0.887. The highest BCUT2D eigenvalue weighted by atomic mass is 16.3. The topological polar surface area (TPSA) is 36.1 Å². The monoisotopic (exact) mass is 740 g/mol. The highest BCUT2D eigenvalue weighted by molar-refractivity contribution is 6.16. The van der Waals surface area contributed by atoms with Gasteiger partial charge in [-0.3, -0.25) is 0 Å². The van der Waals surface area contributed by atoms with E-state index in [1.54, 1.807) is 0 Å². The zero-order chi connectivity index (χ0) is 37.9. The van der Waals surface area contributed by atoms with Gasteiger partial charge >= 0.3 is 0 Å². The molecule has 270 valence electrons. The maximum atomic E-state index is 6.64. The first-order chi connectivity index (χ1) is 28.8. The molecule has 13 aromatic rings. The third-order valence-corrected chi connectivity index (χ3v) is 12.1. The van der Waals surface area contributed by atoms with Crippen molar-refractivity contribution < 1.29 is 8.83 Å². The number of aromatic nitrogens is 2. The number of furan rings is 2. The lowest BCUT2D eigenvalue weighted by atomic mass is 9.92. The Labute approximate surface area is 332 Å². The van der Waals surface area contributed by atoms with Gasteiger partial charge in [0.1, 0.15) is 16.7 Å². The number of rotatable bonds is 4. The Morgan fingerprint density at radius 2 is 0.879 bits per heavy atom. The van der Waals surface area contributed by atoms with Crippen molar-refractivity contribution in [2.24, 2.45) is 0 Å². The quantitative estimate of drug-likeness (QED) is 0.180. The number of hydrogen-bond donors (Lipinski definition) is 0. The third kappa shape index (κ3) is 4.40. The molecule has 4 nitrogen and oxygen atoms in total. The van der Waals surface area contributed by atoms with E-state index in [9.17, 15) is 0 Å². The van der Waals surface area contributed by atoms with Crippen LogP contribution in [-0.4, -0.2) is 9.13 Å². The normalized spacial score (nSPS) is 12.1. The summed E-state index contributed by atoms with van der Waals surface area (Å²) in [6, 6.07) is 69.7. The van der Waals surface area contributed by atoms with E-state index < -0.39 is 0 Å². The first-order valence-electron chi connectivity index (χ1n) is 19.8. The molecule has 0 fully saturated rings. The molecule has 0 aliphatic heterocycles. The Balaban J connectivity index is 1.10. The highest BCUT2D eigenvalue weighted by Gasteiger charge is 2.21. The predicted molar refractivity (Wildman–Crippen MR) is 241 cm³/mol. The van der Waals surface area contributed by atoms with Crippen molar-refractivity contribution in [2.75, 3.05) is 0 Å². The molecular formula is C54H32N2O2. The molecule has 58 heavy (non-hydrogen) atoms. The van der Waals surface area contributed by atoms with Crippen LogP contribution < -0.4 is 0 Å². The third-order valence-electron chi connectivity index (χ3n) is 12.1. The van der Waals surface area contributed by atoms with Crippen LogP contribution in [0.2, 0.25) is 0 Å². The van der Waals surface area contributed by atoms with E-state index in [4.69, 9.17) is 8.83 Å². The molecule has 0 spiro atoms. The lowest BCUT2D eigenvalue weighted by Gasteiger charge is -2.15. The van der Waals surface area contributed by atoms with Crippen molar-refractivity contribution in [2.45, 2.75) is 0 Å². The van der Waals surface area contributed by atoms with Crippen molar-refractivity contribution in [3.63, 3.8) is 0 Å². The number of hydrogen-bond acceptors (Lipinski definition) is 2. The van der Waals surface area contributed by atoms with Crippen LogP contribution in [0.15, 0.2) is 203 Å². The van der Waals surface area contributed by atoms with E-state index in [2.05, 4.69) is 185 Å². The molecule has 0 bridgehead atoms. The lowest BCUT2D eigenvalue weighted by Crippen LogP contribution is -1.96. The molecule has 9 aromatic carbocycles. The summed E-state index contributed by atoms with van der Waals surface area (Å²) in [6.07, 6.45) is 0. The van der Waals surface area contributed by atoms with E-state index in [1.807, 2.05) is 18.2 Å². The molecule has 0 radical (unpaired) electrons. The first-order valence-corrected chi connectivity index (χ1v) is 19.8. The Morgan fingerprint density at radius 3 is 1.69 bits per heavy atom. The van der Waals surface area contributed by atoms with Crippen LogP contribution in [0, 0.1) is 0 Å². The average molecular weight is 741 g/mol. The van der Waals surface area contributed by atoms with Crippen molar-refractivity contribution in [1.29, 1.82) is 0 Å². The molecule has 0 saturated heterocycles. The lowest BCUT2D eigenvalue weighted by molar-refractivity contribution is 0.666. The maximum absolute atomic E-state index is 6.64. The summed E-state index contributed by atoms with van der Waals surface area (Å²) in [5, 5.41) is 9.30. The van der Waals surface area contributed by atoms with Crippen LogP contribution in [0.5, 0.6) is 0 Å². The minimum Gasteiger partial charge on any atom is -0.456 e. The fourth-order valence-electron chi connectivity index (χ4n) is 9.55. The molecular weight excluding hydrogens is 709 g/mol. The summed E-state index contributed by atoms with van der Waals surface area (Å²) in [6.45, 7) is 0. The van der Waals surface area contributed by atoms with Gasteiger partial charge in [-0.2, -0.15) is 0 Å². The molecule has 0 N–H and O–H groups in total. The van der Waals surface area contributed by atoms with Gasteiger partial charge in [-0.05, 0) is 89.0 Å². The SMILES string of the molecule is c1ccc(-c2cc3c(cc2-c2ccc4c5ccccc5n(-c5cccc6c5oc5ccccc56)c4c2)c2ccccc2n3-c2ccc3oc4ccccc4c3c2)cc1. The van der Waals surface area contributed by atoms with Crippen molar-refractivity contribution in [1.82, 2.24) is 9.13 Å². The molecule has 4 heteroatoms. The molecule has 0 atom stereocenters. The second-order valence-corrected chi connectivity index (χ2v) is 15.2. The van der Waals surface area contributed by atoms with Crippen LogP contribution in [0.4, 0.5) is 0 Å². The Bertz CT molecular complexity index is 3800. The minimum absolute atomic E-state index is 0.887. The molecule has 4 heterocycles. The first kappa shape index (κ1) is 31.4. The average Bonchev–Trinajstić information content (AvgIpc) is 4.03. The van der Waals surface area contributed by atoms with E-state index >= 15 is 0 Å². The van der Waals surface area contributed by atoms with E-state index in [0.717, 1.165) is 82.9 Å². The summed E-state index contributed by atoms with van der Waals surface area (Å²) >= 11 is 0. The second-order valence-electron chi connectivity index (χ2n) is 15.2. The summed E-state index contributed by atoms with van der Waals surface area (Å²) < 4.78 is 17.7. The second kappa shape index (κ2) is 11.8. The molecule has 0 aliphatic rings. The number of benzene rings is 9. The molecule has 0 amide bonds. The van der Waals surface area contributed by atoms with Gasteiger partial charge in [0, 0.05) is 48.8 Å². The fraction of sp³-hybridized carbons (Fsp3) is 0. The zero-order valence-electron chi connectivity index (χ0n) is 31.2. The van der Waals surface area contributed by atoms with Gasteiger partial charge in [0.05, 0.1) is 27.8 Å². The Morgan fingerprint density at radius 1 is 0.293 bits per heavy atom. The summed E-state index contributed by atoms with van der Waals surface area (Å²) in [4.78, 5) is 0. The van der Waals surface area contributed by atoms with Crippen LogP contribution in [-0.2, 0) is 0 Å². The summed E-state index contributed by atoms with van der Waals surface area (Å²) in [5.41, 5.74) is 15.0. The summed E-state index contributed by atoms with van der Waals surface area (Å²) in [5.74, 6) is 0. The fourth-order valence-corrected chi connectivity index (χ4v) is 9.55. The van der Waals surface area contributed by atoms with Crippen LogP contribution >= 0.6 is 0 Å². The van der Waals surface area contributed by atoms with Gasteiger partial charge < -0.3 is 18.0 Å². The van der Waals surface area contributed by atoms with E-state index in [0.29, 0.717) is 0 Å². The van der Waals surface area contributed by atoms with Crippen LogP contribution in [0.3, 0.4) is 0 Å². The highest BCUT2D eigenvalue weighted by Crippen LogP contribution is 2.44. The van der Waals surface area contributed by atoms with Crippen LogP contribution in [0.25, 0.3) is 121 Å². The largest absolute Gasteiger partial charge is 0.456 e. The van der Waals surface area contributed by atoms with Crippen molar-refractivity contribution in [3.05, 3.63) is 194 Å². The molecule has 4 aromatic heterocycles. The van der Waals surface area contributed by atoms with Crippen molar-refractivity contribution in [3.8, 4) is 33.6 Å².